The van der Waals surface area contributed by atoms with Crippen molar-refractivity contribution in [1.82, 2.24) is 0 Å². The van der Waals surface area contributed by atoms with Gasteiger partial charge in [-0.3, -0.25) is 0 Å². The van der Waals surface area contributed by atoms with Crippen LogP contribution in [0.4, 0.5) is 0 Å². The Morgan fingerprint density at radius 1 is 0.667 bits per heavy atom. The van der Waals surface area contributed by atoms with Crippen LogP contribution in [0.2, 0.25) is 0 Å². The molecule has 0 bridgehead atoms. The second kappa shape index (κ2) is 29.2. The molecule has 15 heavy (non-hydrogen) atoms. The molecule has 0 aliphatic heterocycles. The number of rotatable bonds is 1. The van der Waals surface area contributed by atoms with Crippen LogP contribution < -0.4 is 0 Å². The summed E-state index contributed by atoms with van der Waals surface area (Å²) in [5.74, 6) is 0. The molecule has 0 atom stereocenters. The van der Waals surface area contributed by atoms with E-state index in [1.54, 1.807) is 0 Å². The van der Waals surface area contributed by atoms with Crippen LogP contribution >= 0.6 is 0 Å². The van der Waals surface area contributed by atoms with Gasteiger partial charge in [-0.1, -0.05) is 71.3 Å². The van der Waals surface area contributed by atoms with Crippen molar-refractivity contribution in [1.29, 1.82) is 0 Å². The van der Waals surface area contributed by atoms with Crippen molar-refractivity contribution in [2.45, 2.75) is 75.7 Å². The second-order valence-electron chi connectivity index (χ2n) is 3.20. The van der Waals surface area contributed by atoms with Crippen LogP contribution in [0.5, 0.6) is 0 Å². The largest absolute Gasteiger partial charge is 0.0764 e. The zero-order valence-corrected chi connectivity index (χ0v) is 12.9. The quantitative estimate of drug-likeness (QED) is 0.444. The molecule has 0 rings (SSSR count). The van der Waals surface area contributed by atoms with Crippen LogP contribution in [0.25, 0.3) is 0 Å². The Kier molecular flexibility index (Phi) is 46.6. The van der Waals surface area contributed by atoms with Crippen molar-refractivity contribution in [3.05, 3.63) is 23.3 Å². The first kappa shape index (κ1) is 24.0. The zero-order chi connectivity index (χ0) is 13.3. The van der Waals surface area contributed by atoms with Gasteiger partial charge in [-0.25, -0.2) is 0 Å². The normalized spacial score (nSPS) is 6.27. The number of allylic oxidation sites excluding steroid dienone is 4. The van der Waals surface area contributed by atoms with E-state index in [0.29, 0.717) is 0 Å². The summed E-state index contributed by atoms with van der Waals surface area (Å²) in [6, 6.07) is 0. The van der Waals surface area contributed by atoms with E-state index in [4.69, 9.17) is 0 Å². The molecule has 0 saturated carbocycles. The Morgan fingerprint density at radius 2 is 0.800 bits per heavy atom. The maximum atomic E-state index is 2.12. The smallest absolute Gasteiger partial charge is 0.0439 e. The van der Waals surface area contributed by atoms with E-state index in [0.717, 1.165) is 0 Å². The van der Waals surface area contributed by atoms with Gasteiger partial charge in [0.25, 0.3) is 0 Å². The fourth-order valence-electron chi connectivity index (χ4n) is 0.333. The van der Waals surface area contributed by atoms with Gasteiger partial charge in [0.05, 0.1) is 0 Å². The molecule has 0 amide bonds. The molecular formula is C15H34. The first-order valence-electron chi connectivity index (χ1n) is 6.32. The fourth-order valence-corrected chi connectivity index (χ4v) is 0.333. The van der Waals surface area contributed by atoms with Gasteiger partial charge in [0.15, 0.2) is 0 Å². The lowest BCUT2D eigenvalue weighted by atomic mass is 10.2. The molecule has 0 radical (unpaired) electrons. The Hall–Kier alpha value is -0.520. The standard InChI is InChI=1S/C8H14.C3H8.2C2H6/c1-7(2)5-6-8(3)4;1-3-2;2*1-2/h5-6H,1-4H3;3H2,1-2H3;2*1-2H3. The molecule has 0 aliphatic rings. The monoisotopic (exact) mass is 214 g/mol. The molecule has 0 heteroatoms. The van der Waals surface area contributed by atoms with Crippen LogP contribution in [0.3, 0.4) is 0 Å². The summed E-state index contributed by atoms with van der Waals surface area (Å²) in [4.78, 5) is 0. The molecule has 0 unspecified atom stereocenters. The van der Waals surface area contributed by atoms with E-state index in [-0.39, 0.29) is 0 Å². The molecule has 0 saturated heterocycles. The van der Waals surface area contributed by atoms with E-state index in [1.165, 1.54) is 17.6 Å². The molecule has 0 fully saturated rings. The van der Waals surface area contributed by atoms with Gasteiger partial charge in [-0.05, 0) is 27.7 Å². The van der Waals surface area contributed by atoms with E-state index in [2.05, 4.69) is 53.7 Å². The summed E-state index contributed by atoms with van der Waals surface area (Å²) < 4.78 is 0. The molecule has 0 aromatic heterocycles. The van der Waals surface area contributed by atoms with Crippen molar-refractivity contribution in [2.75, 3.05) is 0 Å². The first-order chi connectivity index (χ1) is 7.04. The summed E-state index contributed by atoms with van der Waals surface area (Å²) in [6.07, 6.45) is 5.49. The van der Waals surface area contributed by atoms with Crippen LogP contribution in [0, 0.1) is 0 Å². The van der Waals surface area contributed by atoms with Gasteiger partial charge in [-0.15, -0.1) is 0 Å². The molecule has 0 heterocycles. The minimum absolute atomic E-state index is 1.25. The molecule has 0 spiro atoms. The molecule has 94 valence electrons. The van der Waals surface area contributed by atoms with Crippen molar-refractivity contribution in [3.63, 3.8) is 0 Å². The van der Waals surface area contributed by atoms with E-state index < -0.39 is 0 Å². The molecule has 0 nitrogen and oxygen atoms in total. The summed E-state index contributed by atoms with van der Waals surface area (Å²) in [6.45, 7) is 20.6. The highest BCUT2D eigenvalue weighted by Gasteiger charge is 1.71. The molecule has 0 N–H and O–H groups in total. The second-order valence-corrected chi connectivity index (χ2v) is 3.20. The highest BCUT2D eigenvalue weighted by atomic mass is 13.8. The Balaban J connectivity index is -0.0000000726. The third kappa shape index (κ3) is 88.5. The molecule has 0 aromatic rings. The van der Waals surface area contributed by atoms with Gasteiger partial charge in [-0.2, -0.15) is 0 Å². The number of hydrogen-bond donors (Lipinski definition) is 0. The summed E-state index contributed by atoms with van der Waals surface area (Å²) in [5.41, 5.74) is 2.71. The Labute approximate surface area is 99.5 Å². The Bertz CT molecular complexity index is 103. The highest BCUT2D eigenvalue weighted by molar-refractivity contribution is 5.12. The lowest BCUT2D eigenvalue weighted by molar-refractivity contribution is 1.09. The zero-order valence-electron chi connectivity index (χ0n) is 12.9. The predicted molar refractivity (Wildman–Crippen MR) is 77.5 cm³/mol. The molecule has 0 aliphatic carbocycles. The Morgan fingerprint density at radius 3 is 0.867 bits per heavy atom. The average molecular weight is 214 g/mol. The third-order valence-electron chi connectivity index (χ3n) is 0.750. The fraction of sp³-hybridized carbons (Fsp3) is 0.733. The minimum Gasteiger partial charge on any atom is -0.0764 e. The molecular weight excluding hydrogens is 180 g/mol. The first-order valence-corrected chi connectivity index (χ1v) is 6.32. The van der Waals surface area contributed by atoms with Crippen LogP contribution in [-0.4, -0.2) is 0 Å². The highest BCUT2D eigenvalue weighted by Crippen LogP contribution is 1.93. The van der Waals surface area contributed by atoms with Gasteiger partial charge in [0, 0.05) is 0 Å². The van der Waals surface area contributed by atoms with Crippen LogP contribution in [0.15, 0.2) is 23.3 Å². The topological polar surface area (TPSA) is 0 Å². The lowest BCUT2D eigenvalue weighted by Crippen LogP contribution is -1.62. The van der Waals surface area contributed by atoms with E-state index in [9.17, 15) is 0 Å². The maximum absolute atomic E-state index is 2.12. The summed E-state index contributed by atoms with van der Waals surface area (Å²) in [5, 5.41) is 0. The predicted octanol–water partition coefficient (Wildman–Crippen LogP) is 6.39. The van der Waals surface area contributed by atoms with Crippen molar-refractivity contribution >= 4 is 0 Å². The van der Waals surface area contributed by atoms with E-state index in [1.807, 2.05) is 27.7 Å². The van der Waals surface area contributed by atoms with Crippen molar-refractivity contribution in [2.24, 2.45) is 0 Å². The maximum Gasteiger partial charge on any atom is -0.0439 e. The summed E-state index contributed by atoms with van der Waals surface area (Å²) >= 11 is 0. The summed E-state index contributed by atoms with van der Waals surface area (Å²) in [7, 11) is 0. The van der Waals surface area contributed by atoms with Gasteiger partial charge >= 0.3 is 0 Å². The minimum atomic E-state index is 1.25. The average Bonchev–Trinajstić information content (AvgIpc) is 2.22. The lowest BCUT2D eigenvalue weighted by Gasteiger charge is -1.84. The van der Waals surface area contributed by atoms with Crippen LogP contribution in [-0.2, 0) is 0 Å². The van der Waals surface area contributed by atoms with Crippen molar-refractivity contribution in [3.8, 4) is 0 Å². The van der Waals surface area contributed by atoms with Gasteiger partial charge < -0.3 is 0 Å². The SMILES string of the molecule is CC.CC.CC(C)=CC=C(C)C.CCC. The van der Waals surface area contributed by atoms with Crippen LogP contribution in [0.1, 0.15) is 75.7 Å². The number of hydrogen-bond acceptors (Lipinski definition) is 0. The van der Waals surface area contributed by atoms with Crippen molar-refractivity contribution < 1.29 is 0 Å². The third-order valence-corrected chi connectivity index (χ3v) is 0.750. The van der Waals surface area contributed by atoms with Gasteiger partial charge in [0.2, 0.25) is 0 Å². The van der Waals surface area contributed by atoms with E-state index >= 15 is 0 Å². The molecule has 0 aromatic carbocycles. The van der Waals surface area contributed by atoms with Gasteiger partial charge in [0.1, 0.15) is 0 Å².